The predicted octanol–water partition coefficient (Wildman–Crippen LogP) is 2.59. The Labute approximate surface area is 209 Å². The Hall–Kier alpha value is -3.01. The number of piperidine rings is 2. The first-order chi connectivity index (χ1) is 17.3. The van der Waals surface area contributed by atoms with Gasteiger partial charge in [-0.2, -0.15) is 0 Å². The van der Waals surface area contributed by atoms with E-state index in [1.54, 1.807) is 0 Å². The van der Waals surface area contributed by atoms with Crippen LogP contribution < -0.4 is 10.6 Å². The van der Waals surface area contributed by atoms with Gasteiger partial charge in [-0.25, -0.2) is 9.18 Å². The molecule has 1 aliphatic carbocycles. The van der Waals surface area contributed by atoms with Crippen LogP contribution in [0, 0.1) is 11.7 Å². The van der Waals surface area contributed by atoms with E-state index in [1.807, 2.05) is 6.07 Å². The highest BCUT2D eigenvalue weighted by molar-refractivity contribution is 6.05. The Bertz CT molecular complexity index is 1060. The molecule has 36 heavy (non-hydrogen) atoms. The van der Waals surface area contributed by atoms with Crippen molar-refractivity contribution in [3.8, 4) is 0 Å². The van der Waals surface area contributed by atoms with Gasteiger partial charge in [-0.05, 0) is 87.1 Å². The van der Waals surface area contributed by atoms with E-state index >= 15 is 4.39 Å². The molecule has 4 amide bonds. The third-order valence-corrected chi connectivity index (χ3v) is 8.36. The summed E-state index contributed by atoms with van der Waals surface area (Å²) >= 11 is 0. The third kappa shape index (κ3) is 5.09. The fourth-order valence-electron chi connectivity index (χ4n) is 6.38. The van der Waals surface area contributed by atoms with Crippen LogP contribution in [0.15, 0.2) is 12.1 Å². The first kappa shape index (κ1) is 24.7. The minimum atomic E-state index is -0.952. The average molecular weight is 501 g/mol. The van der Waals surface area contributed by atoms with Crippen molar-refractivity contribution in [1.82, 2.24) is 20.4 Å². The van der Waals surface area contributed by atoms with Gasteiger partial charge in [0.25, 0.3) is 5.91 Å². The lowest BCUT2D eigenvalue weighted by atomic mass is 9.84. The smallest absolute Gasteiger partial charge is 0.404 e. The average Bonchev–Trinajstić information content (AvgIpc) is 3.15. The van der Waals surface area contributed by atoms with Gasteiger partial charge in [0.15, 0.2) is 0 Å². The van der Waals surface area contributed by atoms with Crippen LogP contribution in [0.4, 0.5) is 9.18 Å². The van der Waals surface area contributed by atoms with E-state index in [0.29, 0.717) is 17.0 Å². The summed E-state index contributed by atoms with van der Waals surface area (Å²) in [6, 6.07) is 2.50. The van der Waals surface area contributed by atoms with Crippen LogP contribution in [-0.4, -0.2) is 70.4 Å². The number of likely N-dealkylation sites (tertiary alicyclic amines) is 1. The van der Waals surface area contributed by atoms with Crippen molar-refractivity contribution in [3.63, 3.8) is 0 Å². The molecule has 0 spiro atoms. The zero-order chi connectivity index (χ0) is 25.4. The molecule has 5 rings (SSSR count). The van der Waals surface area contributed by atoms with Gasteiger partial charge < -0.3 is 20.2 Å². The molecule has 1 unspecified atom stereocenters. The SMILES string of the molecule is O=C1CCC(N2Cc3cc(C4CCN(C[C@H]5CC[C@H](NC(=O)O)CC5)CC4)c(F)cc3C2=O)C(=O)N1. The van der Waals surface area contributed by atoms with Crippen LogP contribution in [0.3, 0.4) is 0 Å². The molecule has 10 heteroatoms. The monoisotopic (exact) mass is 500 g/mol. The summed E-state index contributed by atoms with van der Waals surface area (Å²) in [6.07, 6.45) is 5.00. The Morgan fingerprint density at radius 2 is 1.78 bits per heavy atom. The molecule has 0 radical (unpaired) electrons. The van der Waals surface area contributed by atoms with Gasteiger partial charge in [-0.3, -0.25) is 19.7 Å². The number of hydrogen-bond donors (Lipinski definition) is 3. The zero-order valence-electron chi connectivity index (χ0n) is 20.3. The Morgan fingerprint density at radius 1 is 1.06 bits per heavy atom. The van der Waals surface area contributed by atoms with Crippen molar-refractivity contribution in [1.29, 1.82) is 0 Å². The molecule has 1 aromatic rings. The molecule has 3 aliphatic heterocycles. The van der Waals surface area contributed by atoms with E-state index in [0.717, 1.165) is 63.7 Å². The number of carbonyl (C=O) groups is 4. The lowest BCUT2D eigenvalue weighted by Gasteiger charge is -2.36. The maximum absolute atomic E-state index is 15.1. The van der Waals surface area contributed by atoms with Crippen LogP contribution in [0.5, 0.6) is 0 Å². The lowest BCUT2D eigenvalue weighted by molar-refractivity contribution is -0.136. The quantitative estimate of drug-likeness (QED) is 0.535. The van der Waals surface area contributed by atoms with Crippen LogP contribution in [-0.2, 0) is 16.1 Å². The minimum absolute atomic E-state index is 0.0602. The number of halogens is 1. The predicted molar refractivity (Wildman–Crippen MR) is 128 cm³/mol. The van der Waals surface area contributed by atoms with E-state index < -0.39 is 18.0 Å². The van der Waals surface area contributed by atoms with Gasteiger partial charge in [-0.1, -0.05) is 6.07 Å². The number of rotatable bonds is 5. The molecule has 4 aliphatic rings. The number of nitrogens with one attached hydrogen (secondary N) is 2. The van der Waals surface area contributed by atoms with E-state index in [1.165, 1.54) is 11.0 Å². The topological polar surface area (TPSA) is 119 Å². The maximum atomic E-state index is 15.1. The molecule has 0 bridgehead atoms. The highest BCUT2D eigenvalue weighted by Gasteiger charge is 2.40. The molecular formula is C26H33FN4O5. The van der Waals surface area contributed by atoms with Crippen LogP contribution in [0.2, 0.25) is 0 Å². The highest BCUT2D eigenvalue weighted by Crippen LogP contribution is 2.36. The van der Waals surface area contributed by atoms with Gasteiger partial charge in [0.2, 0.25) is 11.8 Å². The molecular weight excluding hydrogens is 467 g/mol. The number of carboxylic acid groups (broad SMARTS) is 1. The number of fused-ring (bicyclic) bond motifs is 1. The minimum Gasteiger partial charge on any atom is -0.465 e. The van der Waals surface area contributed by atoms with Gasteiger partial charge in [0, 0.05) is 31.1 Å². The molecule has 3 heterocycles. The summed E-state index contributed by atoms with van der Waals surface area (Å²) in [5.41, 5.74) is 1.70. The highest BCUT2D eigenvalue weighted by atomic mass is 19.1. The van der Waals surface area contributed by atoms with Crippen molar-refractivity contribution < 1.29 is 28.7 Å². The van der Waals surface area contributed by atoms with Gasteiger partial charge in [0.1, 0.15) is 11.9 Å². The Morgan fingerprint density at radius 3 is 2.44 bits per heavy atom. The number of nitrogens with zero attached hydrogens (tertiary/aromatic N) is 2. The van der Waals surface area contributed by atoms with Crippen molar-refractivity contribution in [2.24, 2.45) is 5.92 Å². The molecule has 3 N–H and O–H groups in total. The lowest BCUT2D eigenvalue weighted by Crippen LogP contribution is -2.52. The summed E-state index contributed by atoms with van der Waals surface area (Å²) in [6.45, 7) is 3.02. The van der Waals surface area contributed by atoms with Crippen molar-refractivity contribution in [2.75, 3.05) is 19.6 Å². The van der Waals surface area contributed by atoms with Gasteiger partial charge >= 0.3 is 6.09 Å². The molecule has 2 saturated heterocycles. The number of benzene rings is 1. The van der Waals surface area contributed by atoms with Crippen molar-refractivity contribution in [2.45, 2.75) is 75.9 Å². The van der Waals surface area contributed by atoms with E-state index in [9.17, 15) is 19.2 Å². The molecule has 1 aromatic carbocycles. The normalized spacial score (nSPS) is 27.6. The van der Waals surface area contributed by atoms with E-state index in [-0.39, 0.29) is 49.0 Å². The van der Waals surface area contributed by atoms with Crippen molar-refractivity contribution >= 4 is 23.8 Å². The largest absolute Gasteiger partial charge is 0.465 e. The maximum Gasteiger partial charge on any atom is 0.404 e. The number of amides is 4. The Kier molecular flexibility index (Phi) is 6.96. The summed E-state index contributed by atoms with van der Waals surface area (Å²) in [7, 11) is 0. The molecule has 1 saturated carbocycles. The van der Waals surface area contributed by atoms with Gasteiger partial charge in [0.05, 0.1) is 0 Å². The summed E-state index contributed by atoms with van der Waals surface area (Å²) < 4.78 is 15.1. The third-order valence-electron chi connectivity index (χ3n) is 8.36. The molecule has 0 aromatic heterocycles. The fraction of sp³-hybridized carbons (Fsp3) is 0.615. The van der Waals surface area contributed by atoms with E-state index in [4.69, 9.17) is 5.11 Å². The van der Waals surface area contributed by atoms with E-state index in [2.05, 4.69) is 15.5 Å². The summed E-state index contributed by atoms with van der Waals surface area (Å²) in [5, 5.41) is 13.8. The molecule has 194 valence electrons. The molecule has 3 fully saturated rings. The van der Waals surface area contributed by atoms with Crippen molar-refractivity contribution in [3.05, 3.63) is 34.6 Å². The second-order valence-corrected chi connectivity index (χ2v) is 10.7. The first-order valence-electron chi connectivity index (χ1n) is 13.0. The molecule has 1 atom stereocenters. The number of carbonyl (C=O) groups excluding carboxylic acids is 3. The van der Waals surface area contributed by atoms with Crippen LogP contribution in [0.25, 0.3) is 0 Å². The zero-order valence-corrected chi connectivity index (χ0v) is 20.3. The number of imide groups is 1. The number of hydrogen-bond acceptors (Lipinski definition) is 5. The second kappa shape index (κ2) is 10.2. The Balaban J connectivity index is 1.17. The van der Waals surface area contributed by atoms with Crippen LogP contribution in [0.1, 0.15) is 78.8 Å². The summed E-state index contributed by atoms with van der Waals surface area (Å²) in [4.78, 5) is 51.4. The fourth-order valence-corrected chi connectivity index (χ4v) is 6.38. The summed E-state index contributed by atoms with van der Waals surface area (Å²) in [5.74, 6) is -0.866. The van der Waals surface area contributed by atoms with Crippen LogP contribution >= 0.6 is 0 Å². The first-order valence-corrected chi connectivity index (χ1v) is 13.0. The van der Waals surface area contributed by atoms with Gasteiger partial charge in [-0.15, -0.1) is 0 Å². The molecule has 9 nitrogen and oxygen atoms in total. The second-order valence-electron chi connectivity index (χ2n) is 10.7. The standard InChI is InChI=1S/C26H33FN4O5/c27-21-12-20-17(14-31(25(20)34)22-5-6-23(32)29-24(22)33)11-19(21)16-7-9-30(10-8-16)13-15-1-3-18(4-2-15)28-26(35)36/h11-12,15-16,18,22,28H,1-10,13-14H2,(H,35,36)(H,29,32,33)/t15-,18-,22?.